The highest BCUT2D eigenvalue weighted by Crippen LogP contribution is 2.39. The fourth-order valence-corrected chi connectivity index (χ4v) is 4.18. The Labute approximate surface area is 229 Å². The zero-order valence-electron chi connectivity index (χ0n) is 20.9. The molecule has 0 aromatic heterocycles. The van der Waals surface area contributed by atoms with Gasteiger partial charge in [-0.1, -0.05) is 41.4 Å². The number of carbonyl (C=O) groups excluding carboxylic acids is 1. The third kappa shape index (κ3) is 7.19. The molecule has 0 bridgehead atoms. The fourth-order valence-electron chi connectivity index (χ4n) is 3.38. The number of rotatable bonds is 10. The first-order valence-corrected chi connectivity index (χ1v) is 12.5. The van der Waals surface area contributed by atoms with Crippen molar-refractivity contribution in [3.63, 3.8) is 0 Å². The first-order valence-electron chi connectivity index (χ1n) is 11.3. The van der Waals surface area contributed by atoms with E-state index in [9.17, 15) is 10.1 Å². The van der Waals surface area contributed by atoms with Crippen molar-refractivity contribution in [2.24, 2.45) is 0 Å². The fraction of sp³-hybridized carbons (Fsp3) is 0.214. The van der Waals surface area contributed by atoms with E-state index in [-0.39, 0.29) is 5.57 Å². The number of ether oxygens (including phenoxy) is 4. The predicted octanol–water partition coefficient (Wildman–Crippen LogP) is 6.95. The van der Waals surface area contributed by atoms with Gasteiger partial charge in [0.1, 0.15) is 29.7 Å². The normalized spacial score (nSPS) is 10.9. The third-order valence-electron chi connectivity index (χ3n) is 5.23. The van der Waals surface area contributed by atoms with Crippen LogP contribution in [0.1, 0.15) is 23.6 Å². The lowest BCUT2D eigenvalue weighted by molar-refractivity contribution is -0.112. The van der Waals surface area contributed by atoms with Crippen molar-refractivity contribution in [2.45, 2.75) is 20.5 Å². The smallest absolute Gasteiger partial charge is 0.266 e. The largest absolute Gasteiger partial charge is 0.495 e. The molecule has 3 aromatic rings. The molecule has 0 atom stereocenters. The van der Waals surface area contributed by atoms with E-state index in [2.05, 4.69) is 21.2 Å². The number of amides is 1. The molecule has 192 valence electrons. The van der Waals surface area contributed by atoms with Crippen LogP contribution in [0.3, 0.4) is 0 Å². The Balaban J connectivity index is 1.88. The van der Waals surface area contributed by atoms with Crippen molar-refractivity contribution in [2.75, 3.05) is 26.1 Å². The summed E-state index contributed by atoms with van der Waals surface area (Å²) in [4.78, 5) is 12.9. The Morgan fingerprint density at radius 2 is 1.76 bits per heavy atom. The molecule has 37 heavy (non-hydrogen) atoms. The maximum Gasteiger partial charge on any atom is 0.266 e. The Morgan fingerprint density at radius 1 is 1.05 bits per heavy atom. The molecule has 3 aromatic carbocycles. The van der Waals surface area contributed by atoms with E-state index in [4.69, 9.17) is 30.5 Å². The van der Waals surface area contributed by atoms with E-state index in [1.165, 1.54) is 38.0 Å². The van der Waals surface area contributed by atoms with Crippen LogP contribution in [0.15, 0.2) is 58.6 Å². The Bertz CT molecular complexity index is 1350. The SMILES string of the molecule is CCOc1cc(/C=C(\C#N)C(=O)Nc2cc(OC)c(Cl)cc2OC)cc(Br)c1OCc1ccc(C)cc1. The third-order valence-corrected chi connectivity index (χ3v) is 6.12. The number of methoxy groups -OCH3 is 2. The lowest BCUT2D eigenvalue weighted by Crippen LogP contribution is -2.14. The van der Waals surface area contributed by atoms with E-state index in [1.54, 1.807) is 12.1 Å². The van der Waals surface area contributed by atoms with Gasteiger partial charge in [-0.25, -0.2) is 0 Å². The minimum Gasteiger partial charge on any atom is -0.495 e. The highest BCUT2D eigenvalue weighted by Gasteiger charge is 2.17. The van der Waals surface area contributed by atoms with Gasteiger partial charge in [-0.05, 0) is 59.1 Å². The molecule has 0 saturated carbocycles. The number of nitrogens with one attached hydrogen (secondary N) is 1. The molecule has 9 heteroatoms. The van der Waals surface area contributed by atoms with Crippen LogP contribution < -0.4 is 24.3 Å². The highest BCUT2D eigenvalue weighted by atomic mass is 79.9. The summed E-state index contributed by atoms with van der Waals surface area (Å²) >= 11 is 9.67. The van der Waals surface area contributed by atoms with Gasteiger partial charge in [0.15, 0.2) is 11.5 Å². The molecule has 1 amide bonds. The summed E-state index contributed by atoms with van der Waals surface area (Å²) in [5.74, 6) is 1.07. The first kappa shape index (κ1) is 27.9. The average molecular weight is 586 g/mol. The molecule has 0 unspecified atom stereocenters. The number of nitrogens with zero attached hydrogens (tertiary/aromatic N) is 1. The summed E-state index contributed by atoms with van der Waals surface area (Å²) in [5.41, 5.74) is 2.94. The van der Waals surface area contributed by atoms with E-state index >= 15 is 0 Å². The second-order valence-electron chi connectivity index (χ2n) is 7.85. The summed E-state index contributed by atoms with van der Waals surface area (Å²) in [5, 5.41) is 12.7. The van der Waals surface area contributed by atoms with Crippen molar-refractivity contribution in [3.05, 3.63) is 80.3 Å². The highest BCUT2D eigenvalue weighted by molar-refractivity contribution is 9.10. The van der Waals surface area contributed by atoms with Gasteiger partial charge in [-0.3, -0.25) is 4.79 Å². The molecule has 0 spiro atoms. The van der Waals surface area contributed by atoms with Gasteiger partial charge < -0.3 is 24.3 Å². The second kappa shape index (κ2) is 13.0. The Kier molecular flexibility index (Phi) is 9.84. The molecular weight excluding hydrogens is 560 g/mol. The molecule has 0 heterocycles. The lowest BCUT2D eigenvalue weighted by atomic mass is 10.1. The van der Waals surface area contributed by atoms with Crippen LogP contribution in [0.2, 0.25) is 5.02 Å². The van der Waals surface area contributed by atoms with Gasteiger partial charge in [0.25, 0.3) is 5.91 Å². The number of hydrogen-bond donors (Lipinski definition) is 1. The van der Waals surface area contributed by atoms with Crippen molar-refractivity contribution >= 4 is 45.2 Å². The number of aryl methyl sites for hydroxylation is 1. The number of carbonyl (C=O) groups is 1. The molecule has 0 saturated heterocycles. The summed E-state index contributed by atoms with van der Waals surface area (Å²) in [7, 11) is 2.91. The molecule has 1 N–H and O–H groups in total. The number of hydrogen-bond acceptors (Lipinski definition) is 6. The zero-order chi connectivity index (χ0) is 26.9. The summed E-state index contributed by atoms with van der Waals surface area (Å²) in [6.45, 7) is 4.65. The minimum absolute atomic E-state index is 0.126. The molecule has 0 fully saturated rings. The quantitative estimate of drug-likeness (QED) is 0.205. The van der Waals surface area contributed by atoms with E-state index in [1.807, 2.05) is 44.2 Å². The van der Waals surface area contributed by atoms with Crippen molar-refractivity contribution < 1.29 is 23.7 Å². The molecule has 0 aliphatic heterocycles. The number of anilines is 1. The number of halogens is 2. The molecular formula is C28H26BrClN2O5. The number of benzene rings is 3. The van der Waals surface area contributed by atoms with Gasteiger partial charge in [-0.2, -0.15) is 5.26 Å². The molecule has 0 aliphatic carbocycles. The minimum atomic E-state index is -0.626. The van der Waals surface area contributed by atoms with E-state index in [0.29, 0.717) is 57.0 Å². The number of nitriles is 1. The molecule has 0 aliphatic rings. The standard InChI is InChI=1S/C28H26BrClN2O5/c1-5-36-26-12-19(11-21(29)27(26)37-16-18-8-6-17(2)7-9-18)10-20(15-31)28(33)32-23-14-24(34-3)22(30)13-25(23)35-4/h6-14H,5,16H2,1-4H3,(H,32,33)/b20-10+. The molecule has 7 nitrogen and oxygen atoms in total. The maximum absolute atomic E-state index is 12.9. The maximum atomic E-state index is 12.9. The van der Waals surface area contributed by atoms with Gasteiger partial charge in [0.05, 0.1) is 36.0 Å². The molecule has 3 rings (SSSR count). The van der Waals surface area contributed by atoms with Crippen LogP contribution in [0.25, 0.3) is 6.08 Å². The van der Waals surface area contributed by atoms with Crippen LogP contribution in [0.4, 0.5) is 5.69 Å². The Morgan fingerprint density at radius 3 is 2.38 bits per heavy atom. The van der Waals surface area contributed by atoms with E-state index < -0.39 is 5.91 Å². The van der Waals surface area contributed by atoms with Crippen LogP contribution in [0, 0.1) is 18.3 Å². The van der Waals surface area contributed by atoms with E-state index in [0.717, 1.165) is 5.56 Å². The average Bonchev–Trinajstić information content (AvgIpc) is 2.88. The second-order valence-corrected chi connectivity index (χ2v) is 9.11. The van der Waals surface area contributed by atoms with Gasteiger partial charge in [-0.15, -0.1) is 0 Å². The Hall–Kier alpha value is -3.67. The van der Waals surface area contributed by atoms with Gasteiger partial charge in [0, 0.05) is 12.1 Å². The van der Waals surface area contributed by atoms with Crippen LogP contribution in [-0.2, 0) is 11.4 Å². The van der Waals surface area contributed by atoms with Gasteiger partial charge >= 0.3 is 0 Å². The van der Waals surface area contributed by atoms with Crippen LogP contribution in [-0.4, -0.2) is 26.7 Å². The summed E-state index contributed by atoms with van der Waals surface area (Å²) in [6, 6.07) is 16.5. The van der Waals surface area contributed by atoms with Gasteiger partial charge in [0.2, 0.25) is 0 Å². The van der Waals surface area contributed by atoms with Crippen molar-refractivity contribution in [3.8, 4) is 29.1 Å². The monoisotopic (exact) mass is 584 g/mol. The van der Waals surface area contributed by atoms with Crippen molar-refractivity contribution in [1.29, 1.82) is 5.26 Å². The molecule has 0 radical (unpaired) electrons. The predicted molar refractivity (Wildman–Crippen MR) is 148 cm³/mol. The topological polar surface area (TPSA) is 89.8 Å². The van der Waals surface area contributed by atoms with Crippen LogP contribution >= 0.6 is 27.5 Å². The summed E-state index contributed by atoms with van der Waals surface area (Å²) in [6.07, 6.45) is 1.46. The zero-order valence-corrected chi connectivity index (χ0v) is 23.2. The first-order chi connectivity index (χ1) is 17.8. The van der Waals surface area contributed by atoms with Crippen LogP contribution in [0.5, 0.6) is 23.0 Å². The summed E-state index contributed by atoms with van der Waals surface area (Å²) < 4.78 is 23.0. The van der Waals surface area contributed by atoms with Crippen molar-refractivity contribution in [1.82, 2.24) is 0 Å². The lowest BCUT2D eigenvalue weighted by Gasteiger charge is -2.15.